The van der Waals surface area contributed by atoms with Crippen molar-refractivity contribution >= 4 is 0 Å². The predicted molar refractivity (Wildman–Crippen MR) is 59.1 cm³/mol. The van der Waals surface area contributed by atoms with Gasteiger partial charge in [0, 0.05) is 19.6 Å². The molecule has 0 bridgehead atoms. The number of hydrogen-bond donors (Lipinski definition) is 0. The molecule has 1 aliphatic rings. The van der Waals surface area contributed by atoms with Gasteiger partial charge in [0.2, 0.25) is 0 Å². The first-order valence-corrected chi connectivity index (χ1v) is 5.71. The van der Waals surface area contributed by atoms with E-state index < -0.39 is 0 Å². The molecule has 2 atom stereocenters. The maximum absolute atomic E-state index is 12.2. The van der Waals surface area contributed by atoms with Crippen LogP contribution in [0.1, 0.15) is 26.2 Å². The zero-order valence-corrected chi connectivity index (χ0v) is 9.21. The van der Waals surface area contributed by atoms with Crippen LogP contribution >= 0.6 is 0 Å². The Balaban J connectivity index is 2.36. The number of likely N-dealkylation sites (tertiary alicyclic amines) is 1. The summed E-state index contributed by atoms with van der Waals surface area (Å²) < 4.78 is 12.2. The molecule has 82 valence electrons. The van der Waals surface area contributed by atoms with Crippen LogP contribution in [0.25, 0.3) is 0 Å². The third kappa shape index (κ3) is 3.09. The molecule has 1 rings (SSSR count). The molecule has 1 nitrogen and oxygen atoms in total. The minimum Gasteiger partial charge on any atom is -0.300 e. The normalized spacial score (nSPS) is 28.1. The van der Waals surface area contributed by atoms with Crippen molar-refractivity contribution in [1.82, 2.24) is 4.90 Å². The van der Waals surface area contributed by atoms with E-state index in [1.807, 2.05) is 6.08 Å². The molecule has 0 aromatic rings. The van der Waals surface area contributed by atoms with E-state index in [9.17, 15) is 4.39 Å². The molecular formula is C12H22FN. The predicted octanol–water partition coefficient (Wildman–Crippen LogP) is 2.88. The summed E-state index contributed by atoms with van der Waals surface area (Å²) in [6.07, 6.45) is 5.55. The van der Waals surface area contributed by atoms with Gasteiger partial charge in [0.15, 0.2) is 0 Å². The van der Waals surface area contributed by atoms with Crippen molar-refractivity contribution in [2.75, 3.05) is 26.3 Å². The van der Waals surface area contributed by atoms with E-state index in [0.29, 0.717) is 6.54 Å². The van der Waals surface area contributed by atoms with Gasteiger partial charge in [-0.1, -0.05) is 19.4 Å². The minimum atomic E-state index is -0.204. The topological polar surface area (TPSA) is 3.24 Å². The molecule has 0 spiro atoms. The van der Waals surface area contributed by atoms with E-state index >= 15 is 0 Å². The molecule has 1 fully saturated rings. The summed E-state index contributed by atoms with van der Waals surface area (Å²) in [6.45, 7) is 8.61. The first kappa shape index (κ1) is 11.7. The fraction of sp³-hybridized carbons (Fsp3) is 0.833. The standard InChI is InChI=1S/C12H22FN/c1-3-5-6-12-10-14(8-7-13)9-11(12)4-2/h3,11-12H,1,4-10H2,2H3. The Bertz CT molecular complexity index is 170. The van der Waals surface area contributed by atoms with Crippen LogP contribution in [0.15, 0.2) is 12.7 Å². The molecule has 0 radical (unpaired) electrons. The van der Waals surface area contributed by atoms with Gasteiger partial charge in [-0.15, -0.1) is 6.58 Å². The molecule has 2 heteroatoms. The molecule has 0 aromatic carbocycles. The highest BCUT2D eigenvalue weighted by Gasteiger charge is 2.30. The number of hydrogen-bond acceptors (Lipinski definition) is 1. The number of rotatable bonds is 6. The molecule has 1 saturated heterocycles. The molecule has 14 heavy (non-hydrogen) atoms. The van der Waals surface area contributed by atoms with E-state index in [1.54, 1.807) is 0 Å². The van der Waals surface area contributed by atoms with Crippen molar-refractivity contribution in [3.05, 3.63) is 12.7 Å². The SMILES string of the molecule is C=CCCC1CN(CCF)CC1CC. The van der Waals surface area contributed by atoms with Gasteiger partial charge < -0.3 is 4.90 Å². The average Bonchev–Trinajstić information content (AvgIpc) is 2.58. The van der Waals surface area contributed by atoms with Gasteiger partial charge in [0.1, 0.15) is 6.67 Å². The van der Waals surface area contributed by atoms with Crippen molar-refractivity contribution in [2.45, 2.75) is 26.2 Å². The van der Waals surface area contributed by atoms with Crippen LogP contribution in [0.2, 0.25) is 0 Å². The van der Waals surface area contributed by atoms with E-state index in [4.69, 9.17) is 0 Å². The van der Waals surface area contributed by atoms with Crippen molar-refractivity contribution in [1.29, 1.82) is 0 Å². The summed E-state index contributed by atoms with van der Waals surface area (Å²) in [4.78, 5) is 2.27. The van der Waals surface area contributed by atoms with Crippen LogP contribution < -0.4 is 0 Å². The Morgan fingerprint density at radius 1 is 1.43 bits per heavy atom. The Kier molecular flexibility index (Phi) is 5.16. The van der Waals surface area contributed by atoms with Crippen LogP contribution in [0.5, 0.6) is 0 Å². The Morgan fingerprint density at radius 3 is 2.71 bits per heavy atom. The fourth-order valence-electron chi connectivity index (χ4n) is 2.46. The summed E-state index contributed by atoms with van der Waals surface area (Å²) in [5.74, 6) is 1.55. The van der Waals surface area contributed by atoms with Crippen LogP contribution in [-0.4, -0.2) is 31.2 Å². The van der Waals surface area contributed by atoms with Gasteiger partial charge in [0.05, 0.1) is 0 Å². The highest BCUT2D eigenvalue weighted by atomic mass is 19.1. The van der Waals surface area contributed by atoms with Crippen LogP contribution in [-0.2, 0) is 0 Å². The van der Waals surface area contributed by atoms with Crippen LogP contribution in [0.3, 0.4) is 0 Å². The van der Waals surface area contributed by atoms with Crippen molar-refractivity contribution in [2.24, 2.45) is 11.8 Å². The first-order chi connectivity index (χ1) is 6.81. The van der Waals surface area contributed by atoms with Crippen molar-refractivity contribution in [3.63, 3.8) is 0 Å². The lowest BCUT2D eigenvalue weighted by atomic mass is 9.90. The molecule has 1 aliphatic heterocycles. The molecule has 0 N–H and O–H groups in total. The molecule has 0 amide bonds. The summed E-state index contributed by atoms with van der Waals surface area (Å²) in [5, 5.41) is 0. The number of halogens is 1. The second-order valence-corrected chi connectivity index (χ2v) is 4.24. The summed E-state index contributed by atoms with van der Waals surface area (Å²) in [7, 11) is 0. The third-order valence-corrected chi connectivity index (χ3v) is 3.32. The van der Waals surface area contributed by atoms with Gasteiger partial charge in [0.25, 0.3) is 0 Å². The lowest BCUT2D eigenvalue weighted by Crippen LogP contribution is -2.23. The molecule has 0 aliphatic carbocycles. The Labute approximate surface area is 87.0 Å². The fourth-order valence-corrected chi connectivity index (χ4v) is 2.46. The van der Waals surface area contributed by atoms with Crippen molar-refractivity contribution < 1.29 is 4.39 Å². The molecule has 2 unspecified atom stereocenters. The minimum absolute atomic E-state index is 0.204. The van der Waals surface area contributed by atoms with Gasteiger partial charge >= 0.3 is 0 Å². The Hall–Kier alpha value is -0.370. The second kappa shape index (κ2) is 6.18. The van der Waals surface area contributed by atoms with E-state index in [2.05, 4.69) is 18.4 Å². The summed E-state index contributed by atoms with van der Waals surface area (Å²) >= 11 is 0. The average molecular weight is 199 g/mol. The number of nitrogens with zero attached hydrogens (tertiary/aromatic N) is 1. The van der Waals surface area contributed by atoms with Crippen molar-refractivity contribution in [3.8, 4) is 0 Å². The highest BCUT2D eigenvalue weighted by Crippen LogP contribution is 2.29. The van der Waals surface area contributed by atoms with E-state index in [0.717, 1.165) is 31.3 Å². The van der Waals surface area contributed by atoms with E-state index in [-0.39, 0.29) is 6.67 Å². The lowest BCUT2D eigenvalue weighted by Gasteiger charge is -2.14. The summed E-state index contributed by atoms with van der Waals surface area (Å²) in [5.41, 5.74) is 0. The first-order valence-electron chi connectivity index (χ1n) is 5.71. The van der Waals surface area contributed by atoms with Gasteiger partial charge in [-0.2, -0.15) is 0 Å². The molecule has 0 aromatic heterocycles. The number of alkyl halides is 1. The molecule has 1 heterocycles. The smallest absolute Gasteiger partial charge is 0.102 e. The zero-order valence-electron chi connectivity index (χ0n) is 9.21. The second-order valence-electron chi connectivity index (χ2n) is 4.24. The van der Waals surface area contributed by atoms with Crippen LogP contribution in [0, 0.1) is 11.8 Å². The zero-order chi connectivity index (χ0) is 10.4. The largest absolute Gasteiger partial charge is 0.300 e. The van der Waals surface area contributed by atoms with E-state index in [1.165, 1.54) is 12.8 Å². The van der Waals surface area contributed by atoms with Gasteiger partial charge in [-0.3, -0.25) is 0 Å². The maximum atomic E-state index is 12.2. The molecule has 0 saturated carbocycles. The maximum Gasteiger partial charge on any atom is 0.102 e. The van der Waals surface area contributed by atoms with Gasteiger partial charge in [-0.25, -0.2) is 4.39 Å². The molecular weight excluding hydrogens is 177 g/mol. The monoisotopic (exact) mass is 199 g/mol. The highest BCUT2D eigenvalue weighted by molar-refractivity contribution is 4.84. The third-order valence-electron chi connectivity index (χ3n) is 3.32. The summed E-state index contributed by atoms with van der Waals surface area (Å²) in [6, 6.07) is 0. The quantitative estimate of drug-likeness (QED) is 0.595. The van der Waals surface area contributed by atoms with Crippen LogP contribution in [0.4, 0.5) is 4.39 Å². The lowest BCUT2D eigenvalue weighted by molar-refractivity contribution is 0.283. The Morgan fingerprint density at radius 2 is 2.14 bits per heavy atom. The van der Waals surface area contributed by atoms with Gasteiger partial charge in [-0.05, 0) is 24.7 Å². The number of allylic oxidation sites excluding steroid dienone is 1.